The van der Waals surface area contributed by atoms with Crippen LogP contribution in [-0.2, 0) is 11.3 Å². The Morgan fingerprint density at radius 3 is 2.80 bits per heavy atom. The smallest absolute Gasteiger partial charge is 0.307 e. The maximum absolute atomic E-state index is 11.9. The van der Waals surface area contributed by atoms with Crippen molar-refractivity contribution in [3.63, 3.8) is 0 Å². The largest absolute Gasteiger partial charge is 0.343 e. The minimum Gasteiger partial charge on any atom is -0.307 e. The number of aryl methyl sites for hydroxylation is 1. The lowest BCUT2D eigenvalue weighted by atomic mass is 10.1. The van der Waals surface area contributed by atoms with Gasteiger partial charge in [0.1, 0.15) is 0 Å². The fourth-order valence-corrected chi connectivity index (χ4v) is 2.94. The van der Waals surface area contributed by atoms with Crippen molar-refractivity contribution in [3.8, 4) is 0 Å². The Morgan fingerprint density at radius 1 is 1.32 bits per heavy atom. The Balaban J connectivity index is 1.89. The summed E-state index contributed by atoms with van der Waals surface area (Å²) in [6, 6.07) is 4.96. The summed E-state index contributed by atoms with van der Waals surface area (Å²) in [5.41, 5.74) is 2.34. The number of benzene rings is 1. The highest BCUT2D eigenvalue weighted by Gasteiger charge is 2.13. The van der Waals surface area contributed by atoms with Crippen molar-refractivity contribution in [1.82, 2.24) is 20.1 Å². The van der Waals surface area contributed by atoms with Gasteiger partial charge in [-0.05, 0) is 37.5 Å². The van der Waals surface area contributed by atoms with Gasteiger partial charge in [0.25, 0.3) is 0 Å². The SMILES string of the molecule is CCCn1c(SCC(=O)NC(=O)Nc2cccc(C)c2C)n[nH]c1=O. The Kier molecular flexibility index (Phi) is 6.40. The third-order valence-corrected chi connectivity index (χ3v) is 4.58. The molecule has 0 bridgehead atoms. The number of urea groups is 1. The molecule has 0 radical (unpaired) electrons. The second-order valence-electron chi connectivity index (χ2n) is 5.50. The average Bonchev–Trinajstić information content (AvgIpc) is 2.91. The van der Waals surface area contributed by atoms with Crippen molar-refractivity contribution < 1.29 is 9.59 Å². The van der Waals surface area contributed by atoms with E-state index in [1.807, 2.05) is 32.9 Å². The number of carbonyl (C=O) groups excluding carboxylic acids is 2. The van der Waals surface area contributed by atoms with E-state index >= 15 is 0 Å². The van der Waals surface area contributed by atoms with E-state index in [4.69, 9.17) is 0 Å². The molecule has 0 aliphatic carbocycles. The summed E-state index contributed by atoms with van der Waals surface area (Å²) in [5, 5.41) is 11.6. The summed E-state index contributed by atoms with van der Waals surface area (Å²) >= 11 is 1.10. The molecular formula is C16H21N5O3S. The molecule has 0 spiro atoms. The van der Waals surface area contributed by atoms with Crippen LogP contribution in [-0.4, -0.2) is 32.5 Å². The van der Waals surface area contributed by atoms with E-state index in [2.05, 4.69) is 20.8 Å². The number of anilines is 1. The lowest BCUT2D eigenvalue weighted by Gasteiger charge is -2.10. The Hall–Kier alpha value is -2.55. The van der Waals surface area contributed by atoms with Crippen molar-refractivity contribution in [2.24, 2.45) is 0 Å². The predicted octanol–water partition coefficient (Wildman–Crippen LogP) is 2.04. The van der Waals surface area contributed by atoms with Gasteiger partial charge in [-0.3, -0.25) is 14.7 Å². The zero-order valence-electron chi connectivity index (χ0n) is 14.4. The molecule has 2 rings (SSSR count). The van der Waals surface area contributed by atoms with Gasteiger partial charge in [-0.2, -0.15) is 0 Å². The van der Waals surface area contributed by atoms with E-state index in [1.165, 1.54) is 4.57 Å². The molecule has 0 fully saturated rings. The fourth-order valence-electron chi connectivity index (χ4n) is 2.17. The minimum atomic E-state index is -0.590. The van der Waals surface area contributed by atoms with Gasteiger partial charge in [0.15, 0.2) is 5.16 Å². The summed E-state index contributed by atoms with van der Waals surface area (Å²) in [4.78, 5) is 35.5. The number of hydrogen-bond donors (Lipinski definition) is 3. The third kappa shape index (κ3) is 4.96. The molecule has 25 heavy (non-hydrogen) atoms. The van der Waals surface area contributed by atoms with Gasteiger partial charge < -0.3 is 5.32 Å². The number of aromatic amines is 1. The van der Waals surface area contributed by atoms with Crippen molar-refractivity contribution >= 4 is 29.4 Å². The molecule has 1 aromatic carbocycles. The minimum absolute atomic E-state index is 0.0196. The Labute approximate surface area is 149 Å². The second kappa shape index (κ2) is 8.52. The van der Waals surface area contributed by atoms with Crippen molar-refractivity contribution in [2.75, 3.05) is 11.1 Å². The summed E-state index contributed by atoms with van der Waals surface area (Å²) in [6.07, 6.45) is 0.775. The first-order chi connectivity index (χ1) is 11.9. The number of rotatable bonds is 6. The normalized spacial score (nSPS) is 10.5. The van der Waals surface area contributed by atoms with E-state index in [9.17, 15) is 14.4 Å². The molecule has 9 heteroatoms. The van der Waals surface area contributed by atoms with Gasteiger partial charge in [-0.15, -0.1) is 5.10 Å². The van der Waals surface area contributed by atoms with E-state index in [-0.39, 0.29) is 11.4 Å². The molecule has 0 aliphatic heterocycles. The highest BCUT2D eigenvalue weighted by atomic mass is 32.2. The number of hydrogen-bond acceptors (Lipinski definition) is 5. The number of thioether (sulfide) groups is 1. The van der Waals surface area contributed by atoms with Crippen LogP contribution in [0.4, 0.5) is 10.5 Å². The van der Waals surface area contributed by atoms with Crippen LogP contribution in [0.5, 0.6) is 0 Å². The lowest BCUT2D eigenvalue weighted by Crippen LogP contribution is -2.35. The predicted molar refractivity (Wildman–Crippen MR) is 96.9 cm³/mol. The molecule has 3 amide bonds. The van der Waals surface area contributed by atoms with Gasteiger partial charge in [-0.25, -0.2) is 14.7 Å². The first kappa shape index (κ1) is 18.8. The molecule has 0 aliphatic rings. The van der Waals surface area contributed by atoms with Crippen LogP contribution in [0, 0.1) is 13.8 Å². The molecule has 134 valence electrons. The number of nitrogens with one attached hydrogen (secondary N) is 3. The van der Waals surface area contributed by atoms with Crippen LogP contribution in [0.3, 0.4) is 0 Å². The molecule has 1 aromatic heterocycles. The summed E-state index contributed by atoms with van der Waals surface area (Å²) in [5.74, 6) is -0.486. The quantitative estimate of drug-likeness (QED) is 0.681. The maximum Gasteiger partial charge on any atom is 0.343 e. The summed E-state index contributed by atoms with van der Waals surface area (Å²) < 4.78 is 1.47. The second-order valence-corrected chi connectivity index (χ2v) is 6.44. The number of aromatic nitrogens is 3. The summed E-state index contributed by atoms with van der Waals surface area (Å²) in [7, 11) is 0. The molecule has 0 saturated carbocycles. The molecule has 2 aromatic rings. The lowest BCUT2D eigenvalue weighted by molar-refractivity contribution is -0.117. The van der Waals surface area contributed by atoms with Gasteiger partial charge >= 0.3 is 11.7 Å². The third-order valence-electron chi connectivity index (χ3n) is 3.61. The van der Waals surface area contributed by atoms with Gasteiger partial charge in [0, 0.05) is 12.2 Å². The molecule has 0 saturated heterocycles. The Morgan fingerprint density at radius 2 is 2.08 bits per heavy atom. The molecule has 8 nitrogen and oxygen atoms in total. The average molecular weight is 363 g/mol. The molecule has 0 unspecified atom stereocenters. The first-order valence-corrected chi connectivity index (χ1v) is 8.86. The topological polar surface area (TPSA) is 109 Å². The van der Waals surface area contributed by atoms with Crippen LogP contribution in [0.2, 0.25) is 0 Å². The standard InChI is InChI=1S/C16H21N5O3S/c1-4-8-21-15(24)19-20-16(21)25-9-13(22)18-14(23)17-12-7-5-6-10(2)11(12)3/h5-7H,4,8-9H2,1-3H3,(H,19,24)(H2,17,18,22,23). The maximum atomic E-state index is 11.9. The van der Waals surface area contributed by atoms with Crippen molar-refractivity contribution in [2.45, 2.75) is 38.9 Å². The van der Waals surface area contributed by atoms with Gasteiger partial charge in [0.05, 0.1) is 5.75 Å². The van der Waals surface area contributed by atoms with Gasteiger partial charge in [-0.1, -0.05) is 30.8 Å². The zero-order valence-corrected chi connectivity index (χ0v) is 15.2. The van der Waals surface area contributed by atoms with Crippen LogP contribution in [0.15, 0.2) is 28.2 Å². The highest BCUT2D eigenvalue weighted by molar-refractivity contribution is 7.99. The molecule has 0 atom stereocenters. The highest BCUT2D eigenvalue weighted by Crippen LogP contribution is 2.17. The molecule has 3 N–H and O–H groups in total. The van der Waals surface area contributed by atoms with Crippen molar-refractivity contribution in [3.05, 3.63) is 39.8 Å². The fraction of sp³-hybridized carbons (Fsp3) is 0.375. The molecule has 1 heterocycles. The number of carbonyl (C=O) groups is 2. The monoisotopic (exact) mass is 363 g/mol. The summed E-state index contributed by atoms with van der Waals surface area (Å²) in [6.45, 7) is 6.30. The number of imide groups is 1. The first-order valence-electron chi connectivity index (χ1n) is 7.87. The van der Waals surface area contributed by atoms with E-state index in [0.717, 1.165) is 29.3 Å². The van der Waals surface area contributed by atoms with Crippen LogP contribution < -0.4 is 16.3 Å². The number of H-pyrrole nitrogens is 1. The van der Waals surface area contributed by atoms with E-state index in [0.29, 0.717) is 17.4 Å². The van der Waals surface area contributed by atoms with Crippen LogP contribution >= 0.6 is 11.8 Å². The Bertz CT molecular complexity index is 827. The van der Waals surface area contributed by atoms with E-state index < -0.39 is 11.9 Å². The van der Waals surface area contributed by atoms with Gasteiger partial charge in [0.2, 0.25) is 5.91 Å². The van der Waals surface area contributed by atoms with Crippen LogP contribution in [0.1, 0.15) is 24.5 Å². The van der Waals surface area contributed by atoms with Crippen LogP contribution in [0.25, 0.3) is 0 Å². The molecular weight excluding hydrogens is 342 g/mol. The van der Waals surface area contributed by atoms with E-state index in [1.54, 1.807) is 6.07 Å². The van der Waals surface area contributed by atoms with Crippen molar-refractivity contribution in [1.29, 1.82) is 0 Å². The number of amides is 3. The number of nitrogens with zero attached hydrogens (tertiary/aromatic N) is 2. The zero-order chi connectivity index (χ0) is 18.4.